The Bertz CT molecular complexity index is 329. The van der Waals surface area contributed by atoms with E-state index in [1.807, 2.05) is 6.20 Å². The molecular formula is C14H25N3S. The SMILES string of the molecule is CCCNC1(c2nccs2)CCN(CCC)CC1. The first-order valence-electron chi connectivity index (χ1n) is 7.18. The Labute approximate surface area is 115 Å². The Morgan fingerprint density at radius 3 is 2.67 bits per heavy atom. The zero-order valence-electron chi connectivity index (χ0n) is 11.6. The third-order valence-corrected chi connectivity index (χ3v) is 4.78. The predicted octanol–water partition coefficient (Wildman–Crippen LogP) is 2.84. The number of aromatic nitrogens is 1. The van der Waals surface area contributed by atoms with Crippen molar-refractivity contribution in [3.63, 3.8) is 0 Å². The summed E-state index contributed by atoms with van der Waals surface area (Å²) < 4.78 is 0. The molecular weight excluding hydrogens is 242 g/mol. The second kappa shape index (κ2) is 6.64. The lowest BCUT2D eigenvalue weighted by molar-refractivity contribution is 0.134. The molecule has 0 radical (unpaired) electrons. The number of nitrogens with one attached hydrogen (secondary N) is 1. The molecule has 0 bridgehead atoms. The quantitative estimate of drug-likeness (QED) is 0.859. The summed E-state index contributed by atoms with van der Waals surface area (Å²) in [6.07, 6.45) is 6.77. The molecule has 1 aliphatic heterocycles. The van der Waals surface area contributed by atoms with E-state index in [-0.39, 0.29) is 5.54 Å². The first-order valence-corrected chi connectivity index (χ1v) is 8.06. The maximum atomic E-state index is 4.57. The predicted molar refractivity (Wildman–Crippen MR) is 78.1 cm³/mol. The second-order valence-corrected chi connectivity index (χ2v) is 6.08. The molecule has 0 aliphatic carbocycles. The highest BCUT2D eigenvalue weighted by atomic mass is 32.1. The molecule has 1 fully saturated rings. The van der Waals surface area contributed by atoms with Crippen molar-refractivity contribution in [2.45, 2.75) is 45.1 Å². The van der Waals surface area contributed by atoms with Crippen LogP contribution in [0.15, 0.2) is 11.6 Å². The van der Waals surface area contributed by atoms with Gasteiger partial charge in [0.25, 0.3) is 0 Å². The molecule has 3 nitrogen and oxygen atoms in total. The summed E-state index contributed by atoms with van der Waals surface area (Å²) in [6, 6.07) is 0. The van der Waals surface area contributed by atoms with Gasteiger partial charge in [0.05, 0.1) is 5.54 Å². The highest BCUT2D eigenvalue weighted by Crippen LogP contribution is 2.34. The van der Waals surface area contributed by atoms with Gasteiger partial charge in [-0.05, 0) is 38.8 Å². The lowest BCUT2D eigenvalue weighted by Gasteiger charge is -2.41. The van der Waals surface area contributed by atoms with E-state index < -0.39 is 0 Å². The molecule has 0 amide bonds. The van der Waals surface area contributed by atoms with Crippen LogP contribution in [0.2, 0.25) is 0 Å². The second-order valence-electron chi connectivity index (χ2n) is 5.19. The third kappa shape index (κ3) is 3.11. The minimum atomic E-state index is 0.147. The van der Waals surface area contributed by atoms with Gasteiger partial charge in [-0.25, -0.2) is 4.98 Å². The molecule has 1 aliphatic rings. The van der Waals surface area contributed by atoms with Gasteiger partial charge in [0.2, 0.25) is 0 Å². The van der Waals surface area contributed by atoms with Crippen LogP contribution in [0, 0.1) is 0 Å². The van der Waals surface area contributed by atoms with E-state index in [4.69, 9.17) is 0 Å². The molecule has 4 heteroatoms. The van der Waals surface area contributed by atoms with Gasteiger partial charge in [-0.2, -0.15) is 0 Å². The summed E-state index contributed by atoms with van der Waals surface area (Å²) in [5.41, 5.74) is 0.147. The van der Waals surface area contributed by atoms with Gasteiger partial charge < -0.3 is 10.2 Å². The number of hydrogen-bond acceptors (Lipinski definition) is 4. The van der Waals surface area contributed by atoms with E-state index in [2.05, 4.69) is 34.4 Å². The van der Waals surface area contributed by atoms with Crippen LogP contribution < -0.4 is 5.32 Å². The molecule has 2 rings (SSSR count). The molecule has 1 aromatic heterocycles. The van der Waals surface area contributed by atoms with Crippen molar-refractivity contribution in [3.05, 3.63) is 16.6 Å². The minimum Gasteiger partial charge on any atom is -0.305 e. The highest BCUT2D eigenvalue weighted by Gasteiger charge is 2.37. The number of nitrogens with zero attached hydrogens (tertiary/aromatic N) is 2. The first kappa shape index (κ1) is 14.0. The summed E-state index contributed by atoms with van der Waals surface area (Å²) in [5, 5.41) is 7.16. The molecule has 1 aromatic rings. The van der Waals surface area contributed by atoms with Gasteiger partial charge in [0.15, 0.2) is 0 Å². The van der Waals surface area contributed by atoms with E-state index in [1.54, 1.807) is 11.3 Å². The standard InChI is InChI=1S/C14H25N3S/c1-3-7-16-14(13-15-8-12-18-13)5-10-17(9-4-2)11-6-14/h8,12,16H,3-7,9-11H2,1-2H3. The minimum absolute atomic E-state index is 0.147. The fourth-order valence-electron chi connectivity index (χ4n) is 2.76. The molecule has 18 heavy (non-hydrogen) atoms. The summed E-state index contributed by atoms with van der Waals surface area (Å²) in [7, 11) is 0. The van der Waals surface area contributed by atoms with Gasteiger partial charge >= 0.3 is 0 Å². The molecule has 0 unspecified atom stereocenters. The van der Waals surface area contributed by atoms with Gasteiger partial charge in [-0.1, -0.05) is 13.8 Å². The van der Waals surface area contributed by atoms with E-state index in [9.17, 15) is 0 Å². The first-order chi connectivity index (χ1) is 8.80. The zero-order valence-corrected chi connectivity index (χ0v) is 12.4. The Morgan fingerprint density at radius 2 is 2.11 bits per heavy atom. The summed E-state index contributed by atoms with van der Waals surface area (Å²) in [4.78, 5) is 7.16. The van der Waals surface area contributed by atoms with Gasteiger partial charge in [0.1, 0.15) is 5.01 Å². The molecule has 1 saturated heterocycles. The summed E-state index contributed by atoms with van der Waals surface area (Å²) in [5.74, 6) is 0. The average molecular weight is 267 g/mol. The van der Waals surface area contributed by atoms with Crippen molar-refractivity contribution >= 4 is 11.3 Å². The monoisotopic (exact) mass is 267 g/mol. The summed E-state index contributed by atoms with van der Waals surface area (Å²) in [6.45, 7) is 9.22. The van der Waals surface area contributed by atoms with Gasteiger partial charge in [-0.3, -0.25) is 0 Å². The van der Waals surface area contributed by atoms with Crippen LogP contribution in [0.25, 0.3) is 0 Å². The average Bonchev–Trinajstić information content (AvgIpc) is 2.93. The topological polar surface area (TPSA) is 28.2 Å². The molecule has 1 N–H and O–H groups in total. The Balaban J connectivity index is 2.04. The molecule has 2 heterocycles. The smallest absolute Gasteiger partial charge is 0.113 e. The molecule has 0 spiro atoms. The van der Waals surface area contributed by atoms with Crippen LogP contribution in [0.5, 0.6) is 0 Å². The maximum absolute atomic E-state index is 4.57. The molecule has 0 aromatic carbocycles. The fourth-order valence-corrected chi connectivity index (χ4v) is 3.64. The third-order valence-electron chi connectivity index (χ3n) is 3.80. The van der Waals surface area contributed by atoms with E-state index >= 15 is 0 Å². The van der Waals surface area contributed by atoms with Crippen molar-refractivity contribution in [2.75, 3.05) is 26.2 Å². The normalized spacial score (nSPS) is 20.1. The van der Waals surface area contributed by atoms with Gasteiger partial charge in [-0.15, -0.1) is 11.3 Å². The number of rotatable bonds is 6. The summed E-state index contributed by atoms with van der Waals surface area (Å²) >= 11 is 1.80. The van der Waals surface area contributed by atoms with Crippen LogP contribution in [-0.4, -0.2) is 36.1 Å². The highest BCUT2D eigenvalue weighted by molar-refractivity contribution is 7.09. The lowest BCUT2D eigenvalue weighted by atomic mass is 9.87. The Hall–Kier alpha value is -0.450. The fraction of sp³-hybridized carbons (Fsp3) is 0.786. The number of hydrogen-bond donors (Lipinski definition) is 1. The van der Waals surface area contributed by atoms with Crippen LogP contribution in [0.3, 0.4) is 0 Å². The van der Waals surface area contributed by atoms with Crippen molar-refractivity contribution in [2.24, 2.45) is 0 Å². The number of thiazole rings is 1. The van der Waals surface area contributed by atoms with Crippen LogP contribution in [0.4, 0.5) is 0 Å². The Morgan fingerprint density at radius 1 is 1.33 bits per heavy atom. The number of piperidine rings is 1. The molecule has 102 valence electrons. The lowest BCUT2D eigenvalue weighted by Crippen LogP contribution is -2.51. The van der Waals surface area contributed by atoms with Crippen molar-refractivity contribution in [3.8, 4) is 0 Å². The Kier molecular flexibility index (Phi) is 5.15. The molecule has 0 saturated carbocycles. The van der Waals surface area contributed by atoms with Crippen molar-refractivity contribution in [1.29, 1.82) is 0 Å². The van der Waals surface area contributed by atoms with Crippen LogP contribution in [-0.2, 0) is 5.54 Å². The van der Waals surface area contributed by atoms with E-state index in [1.165, 1.54) is 50.3 Å². The zero-order chi connectivity index (χ0) is 12.8. The van der Waals surface area contributed by atoms with Crippen LogP contribution in [0.1, 0.15) is 44.5 Å². The van der Waals surface area contributed by atoms with Crippen molar-refractivity contribution in [1.82, 2.24) is 15.2 Å². The van der Waals surface area contributed by atoms with Crippen molar-refractivity contribution < 1.29 is 0 Å². The largest absolute Gasteiger partial charge is 0.305 e. The van der Waals surface area contributed by atoms with Crippen LogP contribution >= 0.6 is 11.3 Å². The molecule has 0 atom stereocenters. The number of likely N-dealkylation sites (tertiary alicyclic amines) is 1. The van der Waals surface area contributed by atoms with Gasteiger partial charge in [0, 0.05) is 24.7 Å². The van der Waals surface area contributed by atoms with E-state index in [0.29, 0.717) is 0 Å². The maximum Gasteiger partial charge on any atom is 0.113 e. The van der Waals surface area contributed by atoms with E-state index in [0.717, 1.165) is 6.54 Å².